The van der Waals surface area contributed by atoms with Gasteiger partial charge in [-0.05, 0) is 20.8 Å². The van der Waals surface area contributed by atoms with E-state index in [1.54, 1.807) is 0 Å². The Kier molecular flexibility index (Phi) is 30.0. The van der Waals surface area contributed by atoms with Crippen LogP contribution in [0, 0.1) is 0 Å². The normalized spacial score (nSPS) is 5.77. The molecule has 0 aliphatic carbocycles. The van der Waals surface area contributed by atoms with Gasteiger partial charge in [0.1, 0.15) is 0 Å². The van der Waals surface area contributed by atoms with Gasteiger partial charge >= 0.3 is 18.6 Å². The summed E-state index contributed by atoms with van der Waals surface area (Å²) >= 11 is 0. The van der Waals surface area contributed by atoms with Crippen LogP contribution in [0.4, 0.5) is 0 Å². The summed E-state index contributed by atoms with van der Waals surface area (Å²) in [7, 11) is 0. The predicted octanol–water partition coefficient (Wildman–Crippen LogP) is -3.73. The van der Waals surface area contributed by atoms with E-state index in [0.29, 0.717) is 0 Å². The van der Waals surface area contributed by atoms with Gasteiger partial charge in [0.25, 0.3) is 0 Å². The zero-order valence-electron chi connectivity index (χ0n) is 7.40. The maximum Gasteiger partial charge on any atom is 3.00 e. The summed E-state index contributed by atoms with van der Waals surface area (Å²) in [6.07, 6.45) is 0. The second kappa shape index (κ2) is 17.2. The van der Waals surface area contributed by atoms with Crippen molar-refractivity contribution in [1.82, 2.24) is 0 Å². The molecule has 0 saturated heterocycles. The number of rotatable bonds is 0. The van der Waals surface area contributed by atoms with Crippen LogP contribution in [0.2, 0.25) is 0 Å². The van der Waals surface area contributed by atoms with Gasteiger partial charge in [-0.1, -0.05) is 0 Å². The van der Waals surface area contributed by atoms with Crippen LogP contribution in [0.3, 0.4) is 0 Å². The molecular weight excluding hydrogens is 219 g/mol. The summed E-state index contributed by atoms with van der Waals surface area (Å²) < 4.78 is 0. The Hall–Kier alpha value is -1.01. The molecule has 0 aliphatic rings. The molecule has 0 atom stereocenters. The minimum Gasteiger partial charge on any atom is -0.550 e. The molecule has 0 bridgehead atoms. The van der Waals surface area contributed by atoms with E-state index < -0.39 is 17.9 Å². The van der Waals surface area contributed by atoms with E-state index in [4.69, 9.17) is 29.7 Å². The minimum atomic E-state index is -1.08. The Morgan fingerprint density at radius 1 is 0.692 bits per heavy atom. The molecule has 0 saturated carbocycles. The molecule has 0 heterocycles. The van der Waals surface area contributed by atoms with Gasteiger partial charge in [0.15, 0.2) is 0 Å². The fraction of sp³-hybridized carbons (Fsp3) is 0.500. The van der Waals surface area contributed by atoms with Gasteiger partial charge in [-0.2, -0.15) is 0 Å². The Labute approximate surface area is 87.5 Å². The van der Waals surface area contributed by atoms with Crippen LogP contribution in [0.1, 0.15) is 20.8 Å². The van der Waals surface area contributed by atoms with Gasteiger partial charge in [-0.3, -0.25) is 0 Å². The van der Waals surface area contributed by atoms with Crippen molar-refractivity contribution < 1.29 is 48.3 Å². The van der Waals surface area contributed by atoms with Gasteiger partial charge in [-0.15, -0.1) is 0 Å². The van der Waals surface area contributed by atoms with E-state index >= 15 is 0 Å². The predicted molar refractivity (Wildman–Crippen MR) is 32.0 cm³/mol. The van der Waals surface area contributed by atoms with Crippen LogP contribution < -0.4 is 15.3 Å². The number of hydrogen-bond donors (Lipinski definition) is 0. The molecule has 0 aromatic rings. The first-order chi connectivity index (χ1) is 5.20. The minimum absolute atomic E-state index is 0. The fourth-order valence-corrected chi connectivity index (χ4v) is 0. The Balaban J connectivity index is -0.0000000450. The summed E-state index contributed by atoms with van der Waals surface area (Å²) in [4.78, 5) is 26.7. The molecule has 0 amide bonds. The van der Waals surface area contributed by atoms with Crippen LogP contribution >= 0.6 is 0 Å². The first-order valence-corrected chi connectivity index (χ1v) is 2.72. The van der Waals surface area contributed by atoms with E-state index in [1.807, 2.05) is 0 Å². The maximum absolute atomic E-state index is 8.89. The summed E-state index contributed by atoms with van der Waals surface area (Å²) in [6.45, 7) is 2.92. The summed E-state index contributed by atoms with van der Waals surface area (Å²) in [5, 5.41) is 26.7. The van der Waals surface area contributed by atoms with Gasteiger partial charge in [0.2, 0.25) is 0 Å². The van der Waals surface area contributed by atoms with Crippen LogP contribution in [0.15, 0.2) is 0 Å². The SMILES string of the molecule is CC(=O)[O-].CC(=O)[O-].CC(=O)[O-].[V+3]. The Morgan fingerprint density at radius 3 is 0.692 bits per heavy atom. The van der Waals surface area contributed by atoms with Crippen molar-refractivity contribution in [3.05, 3.63) is 0 Å². The standard InChI is InChI=1S/3C2H4O2.V/c3*1-2(3)4;/h3*1H3,(H,3,4);/q;;;+3/p-3. The average Bonchev–Trinajstić information content (AvgIpc) is 1.54. The second-order valence-electron chi connectivity index (χ2n) is 1.47. The third kappa shape index (κ3) is 880. The van der Waals surface area contributed by atoms with E-state index in [0.717, 1.165) is 20.8 Å². The molecule has 0 aliphatic heterocycles. The van der Waals surface area contributed by atoms with E-state index in [2.05, 4.69) is 0 Å². The van der Waals surface area contributed by atoms with Crippen molar-refractivity contribution in [1.29, 1.82) is 0 Å². The first kappa shape index (κ1) is 22.7. The smallest absolute Gasteiger partial charge is 0.550 e. The summed E-state index contributed by atoms with van der Waals surface area (Å²) in [5.41, 5.74) is 0. The average molecular weight is 228 g/mol. The molecule has 0 unspecified atom stereocenters. The first-order valence-electron chi connectivity index (χ1n) is 2.72. The van der Waals surface area contributed by atoms with Crippen molar-refractivity contribution in [3.8, 4) is 0 Å². The summed E-state index contributed by atoms with van der Waals surface area (Å²) in [6, 6.07) is 0. The molecule has 0 radical (unpaired) electrons. The van der Waals surface area contributed by atoms with Gasteiger partial charge in [-0.25, -0.2) is 0 Å². The molecule has 0 aromatic carbocycles. The molecule has 0 aromatic heterocycles. The number of aliphatic carboxylic acids is 3. The second-order valence-corrected chi connectivity index (χ2v) is 1.47. The molecule has 6 nitrogen and oxygen atoms in total. The van der Waals surface area contributed by atoms with Crippen molar-refractivity contribution in [2.75, 3.05) is 0 Å². The maximum atomic E-state index is 8.89. The largest absolute Gasteiger partial charge is 3.00 e. The Bertz CT molecular complexity index is 115. The van der Waals surface area contributed by atoms with Crippen molar-refractivity contribution in [2.45, 2.75) is 20.8 Å². The fourth-order valence-electron chi connectivity index (χ4n) is 0. The van der Waals surface area contributed by atoms with Gasteiger partial charge in [0, 0.05) is 17.9 Å². The van der Waals surface area contributed by atoms with Crippen molar-refractivity contribution >= 4 is 17.9 Å². The van der Waals surface area contributed by atoms with Crippen LogP contribution in [0.5, 0.6) is 0 Å². The van der Waals surface area contributed by atoms with Crippen LogP contribution in [-0.2, 0) is 32.9 Å². The van der Waals surface area contributed by atoms with Gasteiger partial charge in [0.05, 0.1) is 0 Å². The van der Waals surface area contributed by atoms with E-state index in [1.165, 1.54) is 0 Å². The van der Waals surface area contributed by atoms with E-state index in [9.17, 15) is 0 Å². The third-order valence-electron chi connectivity index (χ3n) is 0. The zero-order chi connectivity index (χ0) is 10.7. The Morgan fingerprint density at radius 2 is 0.692 bits per heavy atom. The van der Waals surface area contributed by atoms with E-state index in [-0.39, 0.29) is 18.6 Å². The van der Waals surface area contributed by atoms with Crippen molar-refractivity contribution in [2.24, 2.45) is 0 Å². The molecule has 0 fully saturated rings. The van der Waals surface area contributed by atoms with Crippen molar-refractivity contribution in [3.63, 3.8) is 0 Å². The van der Waals surface area contributed by atoms with Gasteiger partial charge < -0.3 is 29.7 Å². The summed E-state index contributed by atoms with van der Waals surface area (Å²) in [5.74, 6) is -3.25. The number of carboxylic acids is 3. The molecule has 74 valence electrons. The topological polar surface area (TPSA) is 120 Å². The molecule has 13 heavy (non-hydrogen) atoms. The van der Waals surface area contributed by atoms with Crippen LogP contribution in [-0.4, -0.2) is 17.9 Å². The molecule has 0 spiro atoms. The zero-order valence-corrected chi connectivity index (χ0v) is 8.79. The molecule has 0 N–H and O–H groups in total. The molecule has 7 heteroatoms. The number of carbonyl (C=O) groups is 3. The molecular formula is C6H9O6V. The van der Waals surface area contributed by atoms with Crippen LogP contribution in [0.25, 0.3) is 0 Å². The number of carboxylic acid groups (broad SMARTS) is 3. The number of hydrogen-bond acceptors (Lipinski definition) is 6. The number of carbonyl (C=O) groups excluding carboxylic acids is 3. The quantitative estimate of drug-likeness (QED) is 0.420. The third-order valence-corrected chi connectivity index (χ3v) is 0. The monoisotopic (exact) mass is 228 g/mol. The molecule has 0 rings (SSSR count).